The van der Waals surface area contributed by atoms with Gasteiger partial charge in [0.05, 0.1) is 17.9 Å². The molecule has 3 heterocycles. The third-order valence-corrected chi connectivity index (χ3v) is 5.77. The third kappa shape index (κ3) is 3.44. The first kappa shape index (κ1) is 18.7. The quantitative estimate of drug-likeness (QED) is 0.415. The van der Waals surface area contributed by atoms with E-state index in [0.29, 0.717) is 5.89 Å². The Bertz CT molecular complexity index is 1120. The fourth-order valence-electron chi connectivity index (χ4n) is 3.18. The van der Waals surface area contributed by atoms with Crippen molar-refractivity contribution in [1.82, 2.24) is 24.7 Å². The van der Waals surface area contributed by atoms with Crippen molar-refractivity contribution in [2.75, 3.05) is 7.11 Å². The molecule has 0 N–H and O–H groups in total. The highest BCUT2D eigenvalue weighted by Gasteiger charge is 2.20. The zero-order valence-electron chi connectivity index (χ0n) is 16.5. The molecule has 146 valence electrons. The van der Waals surface area contributed by atoms with Crippen LogP contribution in [0.3, 0.4) is 0 Å². The number of fused-ring (bicyclic) bond motifs is 3. The van der Waals surface area contributed by atoms with Crippen LogP contribution in [0.2, 0.25) is 0 Å². The van der Waals surface area contributed by atoms with E-state index in [2.05, 4.69) is 44.7 Å². The molecule has 0 radical (unpaired) electrons. The summed E-state index contributed by atoms with van der Waals surface area (Å²) in [7, 11) is 1.67. The standard InChI is InChI=1S/C20H23N5O2S/c1-5-6-7-17-21-19(27-24-17)13(3)28-20-23-22-18-10-12(2)15-9-8-14(26-4)11-16(15)25(18)20/h8-11,13H,5-7H2,1-4H3. The van der Waals surface area contributed by atoms with E-state index < -0.39 is 0 Å². The molecule has 0 spiro atoms. The van der Waals surface area contributed by atoms with E-state index in [9.17, 15) is 0 Å². The first-order valence-electron chi connectivity index (χ1n) is 9.42. The van der Waals surface area contributed by atoms with Crippen molar-refractivity contribution in [2.45, 2.75) is 50.4 Å². The molecule has 1 aromatic carbocycles. The molecule has 1 unspecified atom stereocenters. The number of thioether (sulfide) groups is 1. The van der Waals surface area contributed by atoms with Gasteiger partial charge < -0.3 is 9.26 Å². The third-order valence-electron chi connectivity index (χ3n) is 4.74. The Hall–Kier alpha value is -2.61. The number of aromatic nitrogens is 5. The largest absolute Gasteiger partial charge is 0.497 e. The Morgan fingerprint density at radius 2 is 2.11 bits per heavy atom. The van der Waals surface area contributed by atoms with Crippen LogP contribution in [-0.2, 0) is 6.42 Å². The summed E-state index contributed by atoms with van der Waals surface area (Å²) in [6, 6.07) is 8.10. The molecule has 28 heavy (non-hydrogen) atoms. The lowest BCUT2D eigenvalue weighted by Crippen LogP contribution is -1.97. The molecule has 0 aliphatic heterocycles. The van der Waals surface area contributed by atoms with Crippen LogP contribution in [0, 0.1) is 6.92 Å². The van der Waals surface area contributed by atoms with Gasteiger partial charge in [0.25, 0.3) is 0 Å². The number of rotatable bonds is 7. The molecule has 4 aromatic rings. The van der Waals surface area contributed by atoms with Crippen LogP contribution in [-0.4, -0.2) is 31.8 Å². The fraction of sp³-hybridized carbons (Fsp3) is 0.400. The molecule has 7 nitrogen and oxygen atoms in total. The maximum absolute atomic E-state index is 5.47. The maximum atomic E-state index is 5.47. The second kappa shape index (κ2) is 7.79. The highest BCUT2D eigenvalue weighted by molar-refractivity contribution is 7.99. The molecule has 8 heteroatoms. The number of nitrogens with zero attached hydrogens (tertiary/aromatic N) is 5. The van der Waals surface area contributed by atoms with Gasteiger partial charge >= 0.3 is 0 Å². The van der Waals surface area contributed by atoms with Gasteiger partial charge in [-0.25, -0.2) is 0 Å². The Morgan fingerprint density at radius 3 is 2.89 bits per heavy atom. The van der Waals surface area contributed by atoms with Crippen LogP contribution in [0.1, 0.15) is 49.2 Å². The second-order valence-corrected chi connectivity index (χ2v) is 8.11. The minimum atomic E-state index is -0.0303. The number of unbranched alkanes of at least 4 members (excludes halogenated alkanes) is 1. The summed E-state index contributed by atoms with van der Waals surface area (Å²) in [5, 5.41) is 14.8. The minimum Gasteiger partial charge on any atom is -0.497 e. The van der Waals surface area contributed by atoms with Crippen molar-refractivity contribution >= 4 is 28.3 Å². The number of hydrogen-bond acceptors (Lipinski definition) is 7. The van der Waals surface area contributed by atoms with Crippen LogP contribution >= 0.6 is 11.8 Å². The summed E-state index contributed by atoms with van der Waals surface area (Å²) in [5.74, 6) is 2.18. The van der Waals surface area contributed by atoms with E-state index in [1.54, 1.807) is 18.9 Å². The lowest BCUT2D eigenvalue weighted by atomic mass is 10.1. The number of hydrogen-bond donors (Lipinski definition) is 0. The summed E-state index contributed by atoms with van der Waals surface area (Å²) in [5.41, 5.74) is 2.98. The summed E-state index contributed by atoms with van der Waals surface area (Å²) in [4.78, 5) is 4.54. The van der Waals surface area contributed by atoms with Crippen molar-refractivity contribution in [2.24, 2.45) is 0 Å². The van der Waals surface area contributed by atoms with Gasteiger partial charge in [-0.2, -0.15) is 4.98 Å². The summed E-state index contributed by atoms with van der Waals surface area (Å²) in [6.45, 7) is 6.27. The lowest BCUT2D eigenvalue weighted by molar-refractivity contribution is 0.374. The Labute approximate surface area is 167 Å². The summed E-state index contributed by atoms with van der Waals surface area (Å²) < 4.78 is 12.9. The van der Waals surface area contributed by atoms with Gasteiger partial charge in [0, 0.05) is 17.9 Å². The molecular weight excluding hydrogens is 374 g/mol. The monoisotopic (exact) mass is 397 g/mol. The van der Waals surface area contributed by atoms with Crippen LogP contribution in [0.25, 0.3) is 16.6 Å². The Balaban J connectivity index is 1.70. The first-order chi connectivity index (χ1) is 13.6. The van der Waals surface area contributed by atoms with Gasteiger partial charge in [0.15, 0.2) is 16.6 Å². The van der Waals surface area contributed by atoms with Gasteiger partial charge in [-0.05, 0) is 44.0 Å². The second-order valence-electron chi connectivity index (χ2n) is 6.80. The Kier molecular flexibility index (Phi) is 5.21. The number of ether oxygens (including phenoxy) is 1. The van der Waals surface area contributed by atoms with Crippen molar-refractivity contribution in [1.29, 1.82) is 0 Å². The summed E-state index contributed by atoms with van der Waals surface area (Å²) in [6.07, 6.45) is 3.01. The number of methoxy groups -OCH3 is 1. The van der Waals surface area contributed by atoms with Crippen molar-refractivity contribution in [3.8, 4) is 5.75 Å². The van der Waals surface area contributed by atoms with E-state index >= 15 is 0 Å². The molecule has 0 saturated heterocycles. The molecule has 0 amide bonds. The number of pyridine rings is 1. The molecule has 0 bridgehead atoms. The predicted molar refractivity (Wildman–Crippen MR) is 109 cm³/mol. The van der Waals surface area contributed by atoms with Crippen molar-refractivity contribution < 1.29 is 9.26 Å². The average Bonchev–Trinajstić information content (AvgIpc) is 3.33. The van der Waals surface area contributed by atoms with E-state index in [4.69, 9.17) is 9.26 Å². The maximum Gasteiger partial charge on any atom is 0.239 e. The van der Waals surface area contributed by atoms with Gasteiger partial charge in [-0.1, -0.05) is 30.3 Å². The van der Waals surface area contributed by atoms with E-state index in [0.717, 1.165) is 58.1 Å². The van der Waals surface area contributed by atoms with Crippen molar-refractivity contribution in [3.63, 3.8) is 0 Å². The molecular formula is C20H23N5O2S. The molecule has 0 aliphatic rings. The first-order valence-corrected chi connectivity index (χ1v) is 10.3. The summed E-state index contributed by atoms with van der Waals surface area (Å²) >= 11 is 1.56. The van der Waals surface area contributed by atoms with Crippen molar-refractivity contribution in [3.05, 3.63) is 41.5 Å². The molecule has 3 aromatic heterocycles. The van der Waals surface area contributed by atoms with Gasteiger partial charge in [0.2, 0.25) is 5.89 Å². The fourth-order valence-corrected chi connectivity index (χ4v) is 4.08. The SMILES string of the molecule is CCCCc1noc(C(C)Sc2nnc3cc(C)c4ccc(OC)cc4n23)n1. The topological polar surface area (TPSA) is 78.3 Å². The number of benzene rings is 1. The zero-order chi connectivity index (χ0) is 19.7. The van der Waals surface area contributed by atoms with Gasteiger partial charge in [-0.3, -0.25) is 4.40 Å². The molecule has 1 atom stereocenters. The minimum absolute atomic E-state index is 0.0303. The highest BCUT2D eigenvalue weighted by Crippen LogP contribution is 2.35. The molecule has 4 rings (SSSR count). The van der Waals surface area contributed by atoms with E-state index in [-0.39, 0.29) is 5.25 Å². The average molecular weight is 398 g/mol. The molecule has 0 aliphatic carbocycles. The Morgan fingerprint density at radius 1 is 1.25 bits per heavy atom. The van der Waals surface area contributed by atoms with Crippen LogP contribution in [0.4, 0.5) is 0 Å². The normalized spacial score (nSPS) is 12.7. The smallest absolute Gasteiger partial charge is 0.239 e. The molecule has 0 saturated carbocycles. The number of aryl methyl sites for hydroxylation is 2. The zero-order valence-corrected chi connectivity index (χ0v) is 17.3. The van der Waals surface area contributed by atoms with Gasteiger partial charge in [0.1, 0.15) is 5.75 Å². The van der Waals surface area contributed by atoms with E-state index in [1.807, 2.05) is 25.1 Å². The lowest BCUT2D eigenvalue weighted by Gasteiger charge is -2.10. The van der Waals surface area contributed by atoms with E-state index in [1.165, 1.54) is 0 Å². The van der Waals surface area contributed by atoms with Crippen LogP contribution in [0.5, 0.6) is 5.75 Å². The van der Waals surface area contributed by atoms with Gasteiger partial charge in [-0.15, -0.1) is 10.2 Å². The van der Waals surface area contributed by atoms with Crippen LogP contribution < -0.4 is 4.74 Å². The highest BCUT2D eigenvalue weighted by atomic mass is 32.2. The molecule has 0 fully saturated rings. The van der Waals surface area contributed by atoms with Crippen LogP contribution in [0.15, 0.2) is 33.9 Å². The predicted octanol–water partition coefficient (Wildman–Crippen LogP) is 4.78.